The van der Waals surface area contributed by atoms with E-state index in [1.807, 2.05) is 45.0 Å². The van der Waals surface area contributed by atoms with Crippen LogP contribution in [0.25, 0.3) is 22.6 Å². The van der Waals surface area contributed by atoms with Gasteiger partial charge < -0.3 is 9.73 Å². The van der Waals surface area contributed by atoms with Crippen LogP contribution in [0.15, 0.2) is 52.9 Å². The maximum Gasteiger partial charge on any atom is 0.258 e. The van der Waals surface area contributed by atoms with Crippen LogP contribution in [-0.4, -0.2) is 16.0 Å². The number of benzene rings is 3. The highest BCUT2D eigenvalue weighted by atomic mass is 35.5. The number of hydrogen-bond acceptors (Lipinski definition) is 4. The molecule has 0 saturated heterocycles. The van der Waals surface area contributed by atoms with Gasteiger partial charge in [0.05, 0.1) is 10.6 Å². The Morgan fingerprint density at radius 1 is 1.06 bits per heavy atom. The van der Waals surface area contributed by atoms with Gasteiger partial charge in [-0.15, -0.1) is 0 Å². The molecule has 162 valence electrons. The molecule has 32 heavy (non-hydrogen) atoms. The number of hydrogen-bond donors (Lipinski definition) is 2. The minimum Gasteiger partial charge on any atom is -0.436 e. The summed E-state index contributed by atoms with van der Waals surface area (Å²) >= 11 is 17.3. The fourth-order valence-electron chi connectivity index (χ4n) is 3.49. The fourth-order valence-corrected chi connectivity index (χ4v) is 4.19. The minimum absolute atomic E-state index is 0.144. The molecule has 8 heteroatoms. The first kappa shape index (κ1) is 22.3. The van der Waals surface area contributed by atoms with Crippen LogP contribution >= 0.6 is 35.4 Å². The molecule has 0 aliphatic rings. The molecule has 0 atom stereocenters. The maximum absolute atomic E-state index is 12.5. The van der Waals surface area contributed by atoms with Gasteiger partial charge in [-0.25, -0.2) is 4.98 Å². The van der Waals surface area contributed by atoms with Crippen molar-refractivity contribution in [1.82, 2.24) is 10.3 Å². The summed E-state index contributed by atoms with van der Waals surface area (Å²) in [6, 6.07) is 14.4. The first-order valence-corrected chi connectivity index (χ1v) is 10.9. The molecule has 1 heterocycles. The number of rotatable bonds is 3. The molecule has 0 aliphatic carbocycles. The predicted octanol–water partition coefficient (Wildman–Crippen LogP) is 6.85. The molecular weight excluding hydrogens is 465 g/mol. The Balaban J connectivity index is 1.57. The summed E-state index contributed by atoms with van der Waals surface area (Å²) in [4.78, 5) is 17.2. The average molecular weight is 484 g/mol. The number of amides is 1. The Kier molecular flexibility index (Phi) is 6.20. The number of aryl methyl sites for hydroxylation is 2. The number of fused-ring (bicyclic) bond motifs is 1. The lowest BCUT2D eigenvalue weighted by Gasteiger charge is -2.14. The van der Waals surface area contributed by atoms with Gasteiger partial charge in [0.15, 0.2) is 10.7 Å². The quantitative estimate of drug-likeness (QED) is 0.311. The van der Waals surface area contributed by atoms with Crippen molar-refractivity contribution in [2.24, 2.45) is 0 Å². The summed E-state index contributed by atoms with van der Waals surface area (Å²) in [5, 5.41) is 6.55. The smallest absolute Gasteiger partial charge is 0.258 e. The molecule has 0 radical (unpaired) electrons. The van der Waals surface area contributed by atoms with Crippen LogP contribution in [0.3, 0.4) is 0 Å². The zero-order valence-corrected chi connectivity index (χ0v) is 19.9. The second kappa shape index (κ2) is 8.90. The number of halogens is 2. The fraction of sp³-hybridized carbons (Fsp3) is 0.125. The molecular formula is C24H19Cl2N3O2S. The zero-order chi connectivity index (χ0) is 23.0. The number of thiocarbonyl (C=S) groups is 1. The van der Waals surface area contributed by atoms with Gasteiger partial charge in [0.2, 0.25) is 5.89 Å². The standard InChI is InChI=1S/C24H19Cl2N3O2S/c1-12-9-13(2)21-20(10-12)27-23(31-21)16-5-4-6-19(14(16)3)28-24(32)29-22(30)17-8-7-15(25)11-18(17)26/h4-11H,1-3H3,(H2,28,29,30,32). The number of carbonyl (C=O) groups is 1. The van der Waals surface area contributed by atoms with Gasteiger partial charge in [-0.05, 0) is 86.1 Å². The third-order valence-corrected chi connectivity index (χ3v) is 5.79. The number of aromatic nitrogens is 1. The maximum atomic E-state index is 12.5. The van der Waals surface area contributed by atoms with Gasteiger partial charge in [0.1, 0.15) is 5.52 Å². The van der Waals surface area contributed by atoms with E-state index in [0.29, 0.717) is 10.9 Å². The van der Waals surface area contributed by atoms with Crippen LogP contribution in [0.1, 0.15) is 27.0 Å². The molecule has 2 N–H and O–H groups in total. The summed E-state index contributed by atoms with van der Waals surface area (Å²) in [6.45, 7) is 5.97. The molecule has 4 rings (SSSR count). The molecule has 3 aromatic carbocycles. The van der Waals surface area contributed by atoms with Crippen molar-refractivity contribution in [2.45, 2.75) is 20.8 Å². The molecule has 0 unspecified atom stereocenters. The highest BCUT2D eigenvalue weighted by Gasteiger charge is 2.16. The van der Waals surface area contributed by atoms with E-state index >= 15 is 0 Å². The van der Waals surface area contributed by atoms with Crippen LogP contribution in [0.5, 0.6) is 0 Å². The summed E-state index contributed by atoms with van der Waals surface area (Å²) in [5.74, 6) is 0.0977. The Hall–Kier alpha value is -2.93. The zero-order valence-electron chi connectivity index (χ0n) is 17.5. The summed E-state index contributed by atoms with van der Waals surface area (Å²) in [7, 11) is 0. The summed E-state index contributed by atoms with van der Waals surface area (Å²) < 4.78 is 6.06. The Bertz CT molecular complexity index is 1380. The van der Waals surface area contributed by atoms with Crippen LogP contribution in [0.2, 0.25) is 10.0 Å². The van der Waals surface area contributed by atoms with Crippen molar-refractivity contribution >= 4 is 63.2 Å². The highest BCUT2D eigenvalue weighted by molar-refractivity contribution is 7.80. The SMILES string of the molecule is Cc1cc(C)c2oc(-c3cccc(NC(=S)NC(=O)c4ccc(Cl)cc4Cl)c3C)nc2c1. The highest BCUT2D eigenvalue weighted by Crippen LogP contribution is 2.32. The lowest BCUT2D eigenvalue weighted by Crippen LogP contribution is -2.34. The van der Waals surface area contributed by atoms with Crippen molar-refractivity contribution < 1.29 is 9.21 Å². The van der Waals surface area contributed by atoms with E-state index in [-0.39, 0.29) is 15.7 Å². The van der Waals surface area contributed by atoms with E-state index in [9.17, 15) is 4.79 Å². The second-order valence-corrected chi connectivity index (χ2v) is 8.71. The van der Waals surface area contributed by atoms with E-state index < -0.39 is 5.91 Å². The Morgan fingerprint density at radius 2 is 1.84 bits per heavy atom. The molecule has 0 bridgehead atoms. The number of nitrogens with one attached hydrogen (secondary N) is 2. The Labute approximate surface area is 200 Å². The first-order chi connectivity index (χ1) is 15.2. The molecule has 1 aromatic heterocycles. The lowest BCUT2D eigenvalue weighted by molar-refractivity contribution is 0.0978. The van der Waals surface area contributed by atoms with Crippen LogP contribution < -0.4 is 10.6 Å². The average Bonchev–Trinajstić information content (AvgIpc) is 3.13. The van der Waals surface area contributed by atoms with Gasteiger partial charge >= 0.3 is 0 Å². The monoisotopic (exact) mass is 483 g/mol. The largest absolute Gasteiger partial charge is 0.436 e. The van der Waals surface area contributed by atoms with Gasteiger partial charge in [0.25, 0.3) is 5.91 Å². The minimum atomic E-state index is -0.428. The molecule has 0 aliphatic heterocycles. The van der Waals surface area contributed by atoms with Crippen molar-refractivity contribution in [3.05, 3.63) is 80.8 Å². The lowest BCUT2D eigenvalue weighted by atomic mass is 10.1. The van der Waals surface area contributed by atoms with E-state index in [1.54, 1.807) is 12.1 Å². The van der Waals surface area contributed by atoms with Gasteiger partial charge in [0, 0.05) is 16.3 Å². The summed E-state index contributed by atoms with van der Waals surface area (Å²) in [5.41, 5.74) is 6.48. The number of oxazole rings is 1. The van der Waals surface area contributed by atoms with Crippen LogP contribution in [0, 0.1) is 20.8 Å². The van der Waals surface area contributed by atoms with Gasteiger partial charge in [-0.3, -0.25) is 10.1 Å². The van der Waals surface area contributed by atoms with Crippen molar-refractivity contribution in [3.63, 3.8) is 0 Å². The molecule has 1 amide bonds. The molecule has 0 spiro atoms. The number of anilines is 1. The third-order valence-electron chi connectivity index (χ3n) is 5.04. The van der Waals surface area contributed by atoms with Gasteiger partial charge in [-0.2, -0.15) is 0 Å². The van der Waals surface area contributed by atoms with Crippen molar-refractivity contribution in [3.8, 4) is 11.5 Å². The van der Waals surface area contributed by atoms with E-state index in [1.165, 1.54) is 6.07 Å². The second-order valence-electron chi connectivity index (χ2n) is 7.46. The first-order valence-electron chi connectivity index (χ1n) is 9.78. The molecule has 0 saturated carbocycles. The van der Waals surface area contributed by atoms with Crippen LogP contribution in [0.4, 0.5) is 5.69 Å². The van der Waals surface area contributed by atoms with Gasteiger partial charge in [-0.1, -0.05) is 35.3 Å². The van der Waals surface area contributed by atoms with E-state index in [0.717, 1.165) is 39.0 Å². The topological polar surface area (TPSA) is 67.2 Å². The van der Waals surface area contributed by atoms with Crippen LogP contribution in [-0.2, 0) is 0 Å². The molecule has 5 nitrogen and oxygen atoms in total. The molecule has 4 aromatic rings. The van der Waals surface area contributed by atoms with E-state index in [2.05, 4.69) is 21.7 Å². The number of carbonyl (C=O) groups excluding carboxylic acids is 1. The number of nitrogens with zero attached hydrogens (tertiary/aromatic N) is 1. The van der Waals surface area contributed by atoms with Crippen molar-refractivity contribution in [2.75, 3.05) is 5.32 Å². The Morgan fingerprint density at radius 3 is 2.59 bits per heavy atom. The van der Waals surface area contributed by atoms with E-state index in [4.69, 9.17) is 39.8 Å². The molecule has 0 fully saturated rings. The van der Waals surface area contributed by atoms with Crippen molar-refractivity contribution in [1.29, 1.82) is 0 Å². The normalized spacial score (nSPS) is 10.9. The third kappa shape index (κ3) is 4.48. The summed E-state index contributed by atoms with van der Waals surface area (Å²) in [6.07, 6.45) is 0. The predicted molar refractivity (Wildman–Crippen MR) is 134 cm³/mol.